The molecule has 0 bridgehead atoms. The molecule has 0 spiro atoms. The molecule has 0 saturated heterocycles. The van der Waals surface area contributed by atoms with Crippen LogP contribution in [-0.4, -0.2) is 93.7 Å². The highest BCUT2D eigenvalue weighted by molar-refractivity contribution is 7.21. The van der Waals surface area contributed by atoms with Crippen LogP contribution >= 0.6 is 11.5 Å². The number of hydrogen-bond donors (Lipinski definition) is 2. The van der Waals surface area contributed by atoms with E-state index in [1.807, 2.05) is 31.4 Å². The number of aliphatic hydroxyl groups excluding tert-OH is 1. The van der Waals surface area contributed by atoms with Crippen molar-refractivity contribution in [3.05, 3.63) is 5.56 Å². The Bertz CT molecular complexity index is 863. The zero-order valence-corrected chi connectivity index (χ0v) is 18.2. The highest BCUT2D eigenvalue weighted by Gasteiger charge is 2.76. The van der Waals surface area contributed by atoms with E-state index in [9.17, 15) is 9.90 Å². The van der Waals surface area contributed by atoms with Gasteiger partial charge in [-0.1, -0.05) is 26.8 Å². The van der Waals surface area contributed by atoms with E-state index in [1.165, 1.54) is 5.46 Å². The maximum atomic E-state index is 13.6. The third kappa shape index (κ3) is 1.79. The van der Waals surface area contributed by atoms with Crippen molar-refractivity contribution < 1.29 is 9.90 Å². The first-order chi connectivity index (χ1) is 11.6. The summed E-state index contributed by atoms with van der Waals surface area (Å²) in [5.74, 6) is -0.306. The molecule has 3 N–H and O–H groups in total. The number of carbonyl (C=O) groups excluding carboxylic acids is 1. The lowest BCUT2D eigenvalue weighted by Gasteiger charge is -2.65. The van der Waals surface area contributed by atoms with Crippen LogP contribution in [0.5, 0.6) is 0 Å². The van der Waals surface area contributed by atoms with Gasteiger partial charge >= 0.3 is 0 Å². The molecule has 1 aliphatic heterocycles. The van der Waals surface area contributed by atoms with Gasteiger partial charge in [0.1, 0.15) is 61.0 Å². The van der Waals surface area contributed by atoms with E-state index in [4.69, 9.17) is 17.2 Å². The minimum atomic E-state index is -1.31. The van der Waals surface area contributed by atoms with Crippen molar-refractivity contribution in [1.82, 2.24) is 0 Å². The topological polar surface area (TPSA) is 63.3 Å². The van der Waals surface area contributed by atoms with Gasteiger partial charge in [-0.2, -0.15) is 11.5 Å². The van der Waals surface area contributed by atoms with Crippen molar-refractivity contribution in [2.45, 2.75) is 27.3 Å². The lowest BCUT2D eigenvalue weighted by molar-refractivity contribution is -0.138. The van der Waals surface area contributed by atoms with E-state index in [-0.39, 0.29) is 5.78 Å². The number of rotatable bonds is 0. The highest BCUT2D eigenvalue weighted by Crippen LogP contribution is 2.72. The number of hydrogen-bond acceptors (Lipinski definition) is 3. The summed E-state index contributed by atoms with van der Waals surface area (Å²) in [4.78, 5) is 13.6. The standard InChI is InChI=1S/C12H22B10ClNO2/c13-2-1-6(5(16)4(15)3(2)14)22(23)12(21)9(1,24)7(25)8(26)10(17,18)11(12,19)20/h8,26H,13-21,24H2. The quantitative estimate of drug-likeness (QED) is 0.454. The highest BCUT2D eigenvalue weighted by atomic mass is 35.5. The minimum Gasteiger partial charge on any atom is -0.386 e. The summed E-state index contributed by atoms with van der Waals surface area (Å²) in [6.45, 7) is 0. The summed E-state index contributed by atoms with van der Waals surface area (Å²) in [6, 6.07) is 0. The maximum Gasteiger partial charge on any atom is 0.282 e. The fraction of sp³-hybridized carbons (Fsp3) is 0.417. The Labute approximate surface area is 169 Å². The first-order valence-corrected chi connectivity index (χ1v) is 9.81. The van der Waals surface area contributed by atoms with Gasteiger partial charge in [-0.05, 0) is 10.8 Å². The number of nitrogens with two attached hydrogens (primary N) is 1. The monoisotopic (exact) mass is 357 g/mol. The summed E-state index contributed by atoms with van der Waals surface area (Å²) in [7, 11) is 18.4. The van der Waals surface area contributed by atoms with E-state index in [0.29, 0.717) is 0 Å². The Hall–Kier alpha value is -0.251. The Morgan fingerprint density at radius 1 is 0.962 bits per heavy atom. The molecule has 2 aliphatic rings. The summed E-state index contributed by atoms with van der Waals surface area (Å²) in [5, 5.41) is 9.14. The van der Waals surface area contributed by atoms with Gasteiger partial charge in [0.05, 0.1) is 21.2 Å². The Morgan fingerprint density at radius 2 is 1.42 bits per heavy atom. The van der Waals surface area contributed by atoms with Crippen LogP contribution < -0.4 is 33.0 Å². The second kappa shape index (κ2) is 5.42. The molecule has 0 radical (unpaired) electrons. The zero-order valence-electron chi connectivity index (χ0n) is 17.5. The zero-order chi connectivity index (χ0) is 20.2. The number of benzene rings is 1. The van der Waals surface area contributed by atoms with Crippen molar-refractivity contribution in [1.29, 1.82) is 0 Å². The van der Waals surface area contributed by atoms with Crippen LogP contribution in [0.2, 0.25) is 15.6 Å². The van der Waals surface area contributed by atoms with Gasteiger partial charge in [0, 0.05) is 0 Å². The van der Waals surface area contributed by atoms with E-state index in [2.05, 4.69) is 39.2 Å². The Kier molecular flexibility index (Phi) is 4.27. The number of carbonyl (C=O) groups is 1. The third-order valence-electron chi connectivity index (χ3n) is 8.94. The summed E-state index contributed by atoms with van der Waals surface area (Å²) in [5.41, 5.74) is 12.0. The number of ketones is 1. The molecule has 1 aliphatic carbocycles. The molecule has 3 rings (SSSR count). The largest absolute Gasteiger partial charge is 0.386 e. The van der Waals surface area contributed by atoms with Gasteiger partial charge in [0.2, 0.25) is 0 Å². The van der Waals surface area contributed by atoms with Gasteiger partial charge in [-0.15, -0.1) is 10.9 Å². The molecule has 26 heavy (non-hydrogen) atoms. The summed E-state index contributed by atoms with van der Waals surface area (Å²) < 4.78 is 0. The number of aliphatic hydroxyl groups is 1. The van der Waals surface area contributed by atoms with Crippen LogP contribution in [0.4, 0.5) is 0 Å². The van der Waals surface area contributed by atoms with E-state index in [1.54, 1.807) is 0 Å². The predicted molar refractivity (Wildman–Crippen MR) is 138 cm³/mol. The minimum absolute atomic E-state index is 0.306. The van der Waals surface area contributed by atoms with Crippen LogP contribution in [0.1, 0.15) is 5.56 Å². The van der Waals surface area contributed by atoms with Crippen molar-refractivity contribution in [2.24, 2.45) is 5.73 Å². The summed E-state index contributed by atoms with van der Waals surface area (Å²) >= 11 is 7.16. The predicted octanol–water partition coefficient (Wildman–Crippen LogP) is -11.6. The van der Waals surface area contributed by atoms with Gasteiger partial charge in [-0.25, -0.2) is 0 Å². The van der Waals surface area contributed by atoms with Gasteiger partial charge in [-0.3, -0.25) is 4.79 Å². The van der Waals surface area contributed by atoms with Gasteiger partial charge in [0.25, 0.3) is 6.13 Å². The van der Waals surface area contributed by atoms with Crippen molar-refractivity contribution in [3.63, 3.8) is 0 Å². The molecule has 1 heterocycles. The van der Waals surface area contributed by atoms with Crippen molar-refractivity contribution >= 4 is 121 Å². The van der Waals surface area contributed by atoms with Gasteiger partial charge in [0.15, 0.2) is 5.78 Å². The Morgan fingerprint density at radius 3 is 1.92 bits per heavy atom. The molecule has 14 heteroatoms. The Balaban J connectivity index is 2.53. The third-order valence-corrected chi connectivity index (χ3v) is 9.59. The first kappa shape index (κ1) is 20.5. The molecule has 1 aromatic carbocycles. The maximum absolute atomic E-state index is 13.6. The molecule has 124 valence electrons. The van der Waals surface area contributed by atoms with Crippen molar-refractivity contribution in [2.75, 3.05) is 0 Å². The van der Waals surface area contributed by atoms with Crippen LogP contribution in [0.3, 0.4) is 0 Å². The fourth-order valence-corrected chi connectivity index (χ4v) is 6.38. The number of fused-ring (bicyclic) bond motifs is 3. The average molecular weight is 356 g/mol. The average Bonchev–Trinajstić information content (AvgIpc) is 2.76. The van der Waals surface area contributed by atoms with E-state index < -0.39 is 33.4 Å². The fourth-order valence-electron chi connectivity index (χ4n) is 5.66. The second-order valence-corrected chi connectivity index (χ2v) is 10.2. The molecule has 3 atom stereocenters. The smallest absolute Gasteiger partial charge is 0.282 e. The van der Waals surface area contributed by atoms with Crippen molar-refractivity contribution in [3.8, 4) is 0 Å². The number of halogens is 1. The lowest BCUT2D eigenvalue weighted by atomic mass is 9.10. The van der Waals surface area contributed by atoms with Crippen LogP contribution in [-0.2, 0) is 10.3 Å². The molecule has 3 nitrogen and oxygen atoms in total. The molecular weight excluding hydrogens is 334 g/mol. The first-order valence-electron chi connectivity index (χ1n) is 9.37. The molecule has 1 fully saturated rings. The van der Waals surface area contributed by atoms with E-state index >= 15 is 0 Å². The normalized spacial score (nSPS) is 34.3. The van der Waals surface area contributed by atoms with E-state index in [0.717, 1.165) is 27.4 Å². The molecule has 1 saturated carbocycles. The molecule has 3 unspecified atom stereocenters. The molecule has 0 aromatic heterocycles. The molecule has 1 aromatic rings. The second-order valence-electron chi connectivity index (χ2n) is 9.78. The van der Waals surface area contributed by atoms with Crippen LogP contribution in [0.15, 0.2) is 0 Å². The van der Waals surface area contributed by atoms with Crippen LogP contribution in [0.25, 0.3) is 0 Å². The SMILES string of the molecule is Bc1c(B)c(B)c2c(c1B)B(Cl)C1(B)C2(N)C(=O)C(O)C(B)(B)C1(B)B. The number of Topliss-reactive ketones (excluding diaryl/α,β-unsaturated/α-hetero) is 1. The lowest BCUT2D eigenvalue weighted by Crippen LogP contribution is -2.72. The van der Waals surface area contributed by atoms with Crippen LogP contribution in [0, 0.1) is 0 Å². The molecule has 0 amide bonds. The molecular formula is C12H22B10ClNO2. The van der Waals surface area contributed by atoms with Gasteiger partial charge < -0.3 is 10.8 Å². The summed E-state index contributed by atoms with van der Waals surface area (Å²) in [6.07, 6.45) is -1.53.